The van der Waals surface area contributed by atoms with E-state index in [0.717, 1.165) is 43.0 Å². The zero-order chi connectivity index (χ0) is 23.7. The Hall–Kier alpha value is -3.72. The first kappa shape index (κ1) is 22.1. The van der Waals surface area contributed by atoms with Crippen LogP contribution in [0.1, 0.15) is 36.3 Å². The largest absolute Gasteiger partial charge is 0.385 e. The van der Waals surface area contributed by atoms with Crippen molar-refractivity contribution in [2.45, 2.75) is 25.7 Å². The van der Waals surface area contributed by atoms with Crippen LogP contribution in [0.3, 0.4) is 0 Å². The van der Waals surface area contributed by atoms with E-state index < -0.39 is 5.91 Å². The number of nitrogens with two attached hydrogens (primary N) is 1. The Morgan fingerprint density at radius 2 is 2.03 bits per heavy atom. The molecule has 5 rings (SSSR count). The molecule has 3 aromatic rings. The van der Waals surface area contributed by atoms with Crippen LogP contribution in [0.15, 0.2) is 42.9 Å². The second-order valence-corrected chi connectivity index (χ2v) is 9.26. The molecule has 34 heavy (non-hydrogen) atoms. The second kappa shape index (κ2) is 8.90. The molecular formula is C25H29N7O2. The number of benzene rings is 1. The zero-order valence-electron chi connectivity index (χ0n) is 19.5. The average Bonchev–Trinajstić information content (AvgIpc) is 2.85. The van der Waals surface area contributed by atoms with Crippen molar-refractivity contribution in [1.29, 1.82) is 0 Å². The first-order valence-electron chi connectivity index (χ1n) is 11.5. The molecule has 9 heteroatoms. The van der Waals surface area contributed by atoms with Crippen molar-refractivity contribution in [1.82, 2.24) is 15.0 Å². The number of nitrogens with zero attached hydrogens (tertiary/aromatic N) is 4. The fraction of sp³-hybridized carbons (Fsp3) is 0.360. The van der Waals surface area contributed by atoms with Crippen molar-refractivity contribution in [3.05, 3.63) is 54.1 Å². The molecular weight excluding hydrogens is 430 g/mol. The second-order valence-electron chi connectivity index (χ2n) is 9.26. The number of anilines is 4. The molecule has 1 saturated heterocycles. The number of nitrogen functional groups attached to an aromatic ring is 1. The minimum atomic E-state index is -0.422. The third-order valence-corrected chi connectivity index (χ3v) is 6.52. The Morgan fingerprint density at radius 3 is 2.85 bits per heavy atom. The SMILES string of the molecule is CC1(C)CCNc2ccc(-c3cnc(N)c(C(=O)Nc4cnccc4N4CCOCC4)n3)cc21. The highest BCUT2D eigenvalue weighted by Gasteiger charge is 2.28. The number of aromatic nitrogens is 3. The van der Waals surface area contributed by atoms with Crippen molar-refractivity contribution < 1.29 is 9.53 Å². The van der Waals surface area contributed by atoms with Crippen LogP contribution in [0.4, 0.5) is 22.9 Å². The molecule has 1 amide bonds. The van der Waals surface area contributed by atoms with E-state index in [1.54, 1.807) is 18.6 Å². The molecule has 176 valence electrons. The van der Waals surface area contributed by atoms with E-state index in [-0.39, 0.29) is 16.9 Å². The highest BCUT2D eigenvalue weighted by Crippen LogP contribution is 2.38. The van der Waals surface area contributed by atoms with Crippen LogP contribution in [0.25, 0.3) is 11.3 Å². The first-order valence-corrected chi connectivity index (χ1v) is 11.5. The molecule has 4 heterocycles. The number of hydrogen-bond acceptors (Lipinski definition) is 8. The molecule has 0 saturated carbocycles. The van der Waals surface area contributed by atoms with Crippen molar-refractivity contribution in [3.8, 4) is 11.3 Å². The van der Waals surface area contributed by atoms with E-state index in [4.69, 9.17) is 10.5 Å². The van der Waals surface area contributed by atoms with Gasteiger partial charge in [-0.15, -0.1) is 0 Å². The summed E-state index contributed by atoms with van der Waals surface area (Å²) in [5, 5.41) is 6.39. The van der Waals surface area contributed by atoms with E-state index in [2.05, 4.69) is 56.5 Å². The van der Waals surface area contributed by atoms with Gasteiger partial charge in [-0.25, -0.2) is 9.97 Å². The van der Waals surface area contributed by atoms with Gasteiger partial charge in [0.1, 0.15) is 0 Å². The maximum atomic E-state index is 13.2. The number of hydrogen-bond donors (Lipinski definition) is 3. The van der Waals surface area contributed by atoms with Gasteiger partial charge in [0.25, 0.3) is 5.91 Å². The Kier molecular flexibility index (Phi) is 5.79. The van der Waals surface area contributed by atoms with Crippen molar-refractivity contribution in [2.24, 2.45) is 0 Å². The molecule has 1 fully saturated rings. The molecule has 0 spiro atoms. The summed E-state index contributed by atoms with van der Waals surface area (Å²) in [4.78, 5) is 28.4. The Labute approximate surface area is 198 Å². The topological polar surface area (TPSA) is 118 Å². The lowest BCUT2D eigenvalue weighted by atomic mass is 9.77. The summed E-state index contributed by atoms with van der Waals surface area (Å²) < 4.78 is 5.45. The number of fused-ring (bicyclic) bond motifs is 1. The first-order chi connectivity index (χ1) is 16.4. The molecule has 0 unspecified atom stereocenters. The Balaban J connectivity index is 1.44. The highest BCUT2D eigenvalue weighted by molar-refractivity contribution is 6.07. The number of morpholine rings is 1. The molecule has 2 aromatic heterocycles. The summed E-state index contributed by atoms with van der Waals surface area (Å²) in [6.07, 6.45) is 6.00. The maximum absolute atomic E-state index is 13.2. The van der Waals surface area contributed by atoms with Gasteiger partial charge in [-0.3, -0.25) is 9.78 Å². The van der Waals surface area contributed by atoms with Crippen LogP contribution in [0.2, 0.25) is 0 Å². The van der Waals surface area contributed by atoms with Crippen LogP contribution < -0.4 is 21.3 Å². The summed E-state index contributed by atoms with van der Waals surface area (Å²) in [6, 6.07) is 8.07. The third kappa shape index (κ3) is 4.26. The van der Waals surface area contributed by atoms with Gasteiger partial charge in [-0.05, 0) is 35.6 Å². The predicted molar refractivity (Wildman–Crippen MR) is 133 cm³/mol. The zero-order valence-corrected chi connectivity index (χ0v) is 19.5. The highest BCUT2D eigenvalue weighted by atomic mass is 16.5. The van der Waals surface area contributed by atoms with Gasteiger partial charge in [-0.2, -0.15) is 0 Å². The molecule has 1 aromatic carbocycles. The van der Waals surface area contributed by atoms with E-state index in [0.29, 0.717) is 24.6 Å². The van der Waals surface area contributed by atoms with Crippen molar-refractivity contribution in [3.63, 3.8) is 0 Å². The van der Waals surface area contributed by atoms with E-state index in [1.165, 1.54) is 5.56 Å². The van der Waals surface area contributed by atoms with Crippen LogP contribution in [-0.4, -0.2) is 53.7 Å². The van der Waals surface area contributed by atoms with E-state index >= 15 is 0 Å². The van der Waals surface area contributed by atoms with Gasteiger partial charge in [0.05, 0.1) is 42.7 Å². The smallest absolute Gasteiger partial charge is 0.278 e. The molecule has 0 radical (unpaired) electrons. The van der Waals surface area contributed by atoms with Gasteiger partial charge in [0.2, 0.25) is 0 Å². The Morgan fingerprint density at radius 1 is 1.21 bits per heavy atom. The van der Waals surface area contributed by atoms with Crippen LogP contribution in [-0.2, 0) is 10.2 Å². The number of nitrogens with one attached hydrogen (secondary N) is 2. The molecule has 0 bridgehead atoms. The van der Waals surface area contributed by atoms with Gasteiger partial charge >= 0.3 is 0 Å². The van der Waals surface area contributed by atoms with Crippen LogP contribution >= 0.6 is 0 Å². The molecule has 4 N–H and O–H groups in total. The predicted octanol–water partition coefficient (Wildman–Crippen LogP) is 3.30. The number of rotatable bonds is 4. The average molecular weight is 460 g/mol. The fourth-order valence-corrected chi connectivity index (χ4v) is 4.51. The van der Waals surface area contributed by atoms with Gasteiger partial charge in [-0.1, -0.05) is 19.9 Å². The number of amides is 1. The summed E-state index contributed by atoms with van der Waals surface area (Å²) >= 11 is 0. The summed E-state index contributed by atoms with van der Waals surface area (Å²) in [5.74, 6) is -0.340. The standard InChI is InChI=1S/C25H29N7O2/c1-25(2)6-8-28-18-4-3-16(13-17(18)25)19-15-29-23(26)22(30-19)24(33)31-20-14-27-7-5-21(20)32-9-11-34-12-10-32/h3-5,7,13-15,28H,6,8-12H2,1-2H3,(H2,26,29)(H,31,33). The fourth-order valence-electron chi connectivity index (χ4n) is 4.51. The minimum Gasteiger partial charge on any atom is -0.385 e. The quantitative estimate of drug-likeness (QED) is 0.544. The lowest BCUT2D eigenvalue weighted by Gasteiger charge is -2.33. The number of ether oxygens (including phenoxy) is 1. The van der Waals surface area contributed by atoms with Gasteiger partial charge in [0.15, 0.2) is 11.5 Å². The lowest BCUT2D eigenvalue weighted by Crippen LogP contribution is -2.36. The van der Waals surface area contributed by atoms with Crippen molar-refractivity contribution in [2.75, 3.05) is 54.1 Å². The summed E-state index contributed by atoms with van der Waals surface area (Å²) in [5.41, 5.74) is 11.6. The number of carbonyl (C=O) groups is 1. The number of carbonyl (C=O) groups excluding carboxylic acids is 1. The molecule has 9 nitrogen and oxygen atoms in total. The van der Waals surface area contributed by atoms with Crippen LogP contribution in [0.5, 0.6) is 0 Å². The van der Waals surface area contributed by atoms with E-state index in [1.807, 2.05) is 12.1 Å². The monoisotopic (exact) mass is 459 g/mol. The molecule has 0 aliphatic carbocycles. The molecule has 2 aliphatic rings. The third-order valence-electron chi connectivity index (χ3n) is 6.52. The van der Waals surface area contributed by atoms with Gasteiger partial charge in [0, 0.05) is 37.1 Å². The summed E-state index contributed by atoms with van der Waals surface area (Å²) in [7, 11) is 0. The number of pyridine rings is 1. The van der Waals surface area contributed by atoms with Crippen LogP contribution in [0, 0.1) is 0 Å². The Bertz CT molecular complexity index is 1220. The maximum Gasteiger partial charge on any atom is 0.278 e. The van der Waals surface area contributed by atoms with E-state index in [9.17, 15) is 4.79 Å². The molecule has 2 aliphatic heterocycles. The lowest BCUT2D eigenvalue weighted by molar-refractivity contribution is 0.102. The van der Waals surface area contributed by atoms with Gasteiger partial charge < -0.3 is 26.0 Å². The normalized spacial score (nSPS) is 16.9. The van der Waals surface area contributed by atoms with Crippen molar-refractivity contribution >= 4 is 28.8 Å². The minimum absolute atomic E-state index is 0.0498. The summed E-state index contributed by atoms with van der Waals surface area (Å²) in [6.45, 7) is 8.20. The molecule has 0 atom stereocenters.